The molecule has 1 aliphatic heterocycles. The topological polar surface area (TPSA) is 86.9 Å². The van der Waals surface area contributed by atoms with Gasteiger partial charge in [-0.2, -0.15) is 13.2 Å². The number of likely N-dealkylation sites (tertiary alicyclic amines) is 1. The molecule has 6 nitrogen and oxygen atoms in total. The standard InChI is InChI=1S/C12H20F3N3O3/c13-12(14,15)8-17(4-5-19)7-10(20)18-3-1-2-9(6-18)11(16)21/h9,19H,1-8H2,(H2,16,21). The SMILES string of the molecule is NC(=O)C1CCCN(C(=O)CN(CCO)CC(F)(F)F)C1. The van der Waals surface area contributed by atoms with E-state index in [-0.39, 0.29) is 13.1 Å². The maximum Gasteiger partial charge on any atom is 0.401 e. The molecule has 0 spiro atoms. The van der Waals surface area contributed by atoms with Gasteiger partial charge in [-0.1, -0.05) is 0 Å². The first-order chi connectivity index (χ1) is 9.73. The summed E-state index contributed by atoms with van der Waals surface area (Å²) in [4.78, 5) is 25.4. The van der Waals surface area contributed by atoms with Gasteiger partial charge in [0, 0.05) is 19.6 Å². The van der Waals surface area contributed by atoms with Crippen molar-refractivity contribution in [2.24, 2.45) is 11.7 Å². The van der Waals surface area contributed by atoms with Crippen molar-refractivity contribution < 1.29 is 27.9 Å². The Morgan fingerprint density at radius 3 is 2.57 bits per heavy atom. The zero-order valence-electron chi connectivity index (χ0n) is 11.6. The molecule has 0 aliphatic carbocycles. The predicted molar refractivity (Wildman–Crippen MR) is 68.1 cm³/mol. The van der Waals surface area contributed by atoms with E-state index in [9.17, 15) is 22.8 Å². The lowest BCUT2D eigenvalue weighted by molar-refractivity contribution is -0.152. The molecule has 3 N–H and O–H groups in total. The van der Waals surface area contributed by atoms with E-state index in [1.54, 1.807) is 0 Å². The second-order valence-corrected chi connectivity index (χ2v) is 5.13. The van der Waals surface area contributed by atoms with Crippen LogP contribution in [0.3, 0.4) is 0 Å². The summed E-state index contributed by atoms with van der Waals surface area (Å²) in [5.74, 6) is -1.44. The number of carbonyl (C=O) groups excluding carboxylic acids is 2. The molecular weight excluding hydrogens is 291 g/mol. The fourth-order valence-corrected chi connectivity index (χ4v) is 2.34. The van der Waals surface area contributed by atoms with Crippen molar-refractivity contribution in [1.82, 2.24) is 9.80 Å². The monoisotopic (exact) mass is 311 g/mol. The Kier molecular flexibility index (Phi) is 6.41. The highest BCUT2D eigenvalue weighted by atomic mass is 19.4. The number of hydrogen-bond acceptors (Lipinski definition) is 4. The lowest BCUT2D eigenvalue weighted by Crippen LogP contribution is -2.49. The summed E-state index contributed by atoms with van der Waals surface area (Å²) < 4.78 is 37.1. The van der Waals surface area contributed by atoms with Crippen molar-refractivity contribution in [2.75, 3.05) is 39.3 Å². The molecule has 9 heteroatoms. The van der Waals surface area contributed by atoms with E-state index in [1.165, 1.54) is 4.90 Å². The highest BCUT2D eigenvalue weighted by Gasteiger charge is 2.33. The number of amides is 2. The molecule has 1 unspecified atom stereocenters. The van der Waals surface area contributed by atoms with Crippen molar-refractivity contribution >= 4 is 11.8 Å². The van der Waals surface area contributed by atoms with Gasteiger partial charge < -0.3 is 15.7 Å². The van der Waals surface area contributed by atoms with Crippen LogP contribution < -0.4 is 5.73 Å². The van der Waals surface area contributed by atoms with Gasteiger partial charge in [0.05, 0.1) is 25.6 Å². The highest BCUT2D eigenvalue weighted by molar-refractivity contribution is 5.81. The van der Waals surface area contributed by atoms with E-state index in [2.05, 4.69) is 0 Å². The third-order valence-electron chi connectivity index (χ3n) is 3.35. The summed E-state index contributed by atoms with van der Waals surface area (Å²) in [7, 11) is 0. The molecule has 0 radical (unpaired) electrons. The fraction of sp³-hybridized carbons (Fsp3) is 0.833. The molecule has 0 bridgehead atoms. The summed E-state index contributed by atoms with van der Waals surface area (Å²) in [6.45, 7) is -1.85. The van der Waals surface area contributed by atoms with Crippen molar-refractivity contribution in [1.29, 1.82) is 0 Å². The van der Waals surface area contributed by atoms with Crippen LogP contribution in [0.25, 0.3) is 0 Å². The van der Waals surface area contributed by atoms with Crippen LogP contribution in [0.15, 0.2) is 0 Å². The molecule has 0 aromatic carbocycles. The van der Waals surface area contributed by atoms with Gasteiger partial charge in [-0.25, -0.2) is 0 Å². The average Bonchev–Trinajstić information content (AvgIpc) is 2.37. The maximum absolute atomic E-state index is 12.4. The zero-order valence-corrected chi connectivity index (χ0v) is 11.6. The molecule has 1 atom stereocenters. The molecule has 1 rings (SSSR count). The number of alkyl halides is 3. The first-order valence-electron chi connectivity index (χ1n) is 6.70. The second-order valence-electron chi connectivity index (χ2n) is 5.13. The van der Waals surface area contributed by atoms with E-state index in [1.807, 2.05) is 0 Å². The number of hydrogen-bond donors (Lipinski definition) is 2. The number of rotatable bonds is 6. The van der Waals surface area contributed by atoms with Crippen LogP contribution in [0.1, 0.15) is 12.8 Å². The van der Waals surface area contributed by atoms with Crippen LogP contribution >= 0.6 is 0 Å². The van der Waals surface area contributed by atoms with Crippen molar-refractivity contribution in [3.8, 4) is 0 Å². The third-order valence-corrected chi connectivity index (χ3v) is 3.35. The fourth-order valence-electron chi connectivity index (χ4n) is 2.34. The molecule has 122 valence electrons. The number of piperidine rings is 1. The molecule has 0 saturated carbocycles. The van der Waals surface area contributed by atoms with Gasteiger partial charge in [0.1, 0.15) is 0 Å². The Labute approximate surface area is 120 Å². The van der Waals surface area contributed by atoms with Gasteiger partial charge in [0.25, 0.3) is 0 Å². The Morgan fingerprint density at radius 1 is 1.38 bits per heavy atom. The minimum Gasteiger partial charge on any atom is -0.395 e. The minimum absolute atomic E-state index is 0.146. The first-order valence-corrected chi connectivity index (χ1v) is 6.70. The largest absolute Gasteiger partial charge is 0.401 e. The Balaban J connectivity index is 2.58. The minimum atomic E-state index is -4.44. The average molecular weight is 311 g/mol. The number of nitrogens with zero attached hydrogens (tertiary/aromatic N) is 2. The molecule has 1 aliphatic rings. The van der Waals surface area contributed by atoms with E-state index >= 15 is 0 Å². The summed E-state index contributed by atoms with van der Waals surface area (Å²) in [5, 5.41) is 8.78. The van der Waals surface area contributed by atoms with Gasteiger partial charge in [0.2, 0.25) is 11.8 Å². The molecule has 0 aromatic rings. The molecular formula is C12H20F3N3O3. The first kappa shape index (κ1) is 17.7. The van der Waals surface area contributed by atoms with Gasteiger partial charge >= 0.3 is 6.18 Å². The van der Waals surface area contributed by atoms with E-state index in [0.29, 0.717) is 19.4 Å². The molecule has 2 amide bonds. The van der Waals surface area contributed by atoms with Gasteiger partial charge in [-0.3, -0.25) is 14.5 Å². The number of carbonyl (C=O) groups is 2. The third kappa shape index (κ3) is 6.30. The summed E-state index contributed by atoms with van der Waals surface area (Å²) >= 11 is 0. The molecule has 1 saturated heterocycles. The summed E-state index contributed by atoms with van der Waals surface area (Å²) in [6.07, 6.45) is -3.26. The van der Waals surface area contributed by atoms with Crippen LogP contribution in [0.5, 0.6) is 0 Å². The Bertz CT molecular complexity index is 376. The van der Waals surface area contributed by atoms with Crippen LogP contribution in [0.4, 0.5) is 13.2 Å². The van der Waals surface area contributed by atoms with E-state index < -0.39 is 43.6 Å². The predicted octanol–water partition coefficient (Wildman–Crippen LogP) is -0.433. The number of aliphatic hydroxyl groups is 1. The summed E-state index contributed by atoms with van der Waals surface area (Å²) in [6, 6.07) is 0. The van der Waals surface area contributed by atoms with Gasteiger partial charge in [0.15, 0.2) is 0 Å². The lowest BCUT2D eigenvalue weighted by Gasteiger charge is -2.33. The van der Waals surface area contributed by atoms with Crippen LogP contribution in [-0.4, -0.2) is 72.2 Å². The van der Waals surface area contributed by atoms with Crippen LogP contribution in [0, 0.1) is 5.92 Å². The maximum atomic E-state index is 12.4. The zero-order chi connectivity index (χ0) is 16.0. The quantitative estimate of drug-likeness (QED) is 0.697. The van der Waals surface area contributed by atoms with E-state index in [0.717, 1.165) is 4.90 Å². The highest BCUT2D eigenvalue weighted by Crippen LogP contribution is 2.18. The molecule has 0 aromatic heterocycles. The smallest absolute Gasteiger partial charge is 0.395 e. The molecule has 1 heterocycles. The van der Waals surface area contributed by atoms with Crippen LogP contribution in [-0.2, 0) is 9.59 Å². The number of aliphatic hydroxyl groups excluding tert-OH is 1. The normalized spacial score (nSPS) is 19.9. The van der Waals surface area contributed by atoms with Crippen LogP contribution in [0.2, 0.25) is 0 Å². The number of primary amides is 1. The lowest BCUT2D eigenvalue weighted by atomic mass is 9.97. The number of halogens is 3. The molecule has 21 heavy (non-hydrogen) atoms. The Hall–Kier alpha value is -1.35. The number of nitrogens with two attached hydrogens (primary N) is 1. The summed E-state index contributed by atoms with van der Waals surface area (Å²) in [5.41, 5.74) is 5.19. The molecule has 1 fully saturated rings. The van der Waals surface area contributed by atoms with Crippen molar-refractivity contribution in [3.63, 3.8) is 0 Å². The van der Waals surface area contributed by atoms with E-state index in [4.69, 9.17) is 10.8 Å². The Morgan fingerprint density at radius 2 is 2.05 bits per heavy atom. The van der Waals surface area contributed by atoms with Gasteiger partial charge in [-0.15, -0.1) is 0 Å². The van der Waals surface area contributed by atoms with Crippen molar-refractivity contribution in [3.05, 3.63) is 0 Å². The van der Waals surface area contributed by atoms with Gasteiger partial charge in [-0.05, 0) is 12.8 Å². The second kappa shape index (κ2) is 7.60. The van der Waals surface area contributed by atoms with Crippen molar-refractivity contribution in [2.45, 2.75) is 19.0 Å².